The lowest BCUT2D eigenvalue weighted by Gasteiger charge is -2.13. The van der Waals surface area contributed by atoms with E-state index in [0.717, 1.165) is 21.7 Å². The number of hydrogen-bond acceptors (Lipinski definition) is 1. The molecule has 0 aliphatic carbocycles. The molecule has 0 N–H and O–H groups in total. The van der Waals surface area contributed by atoms with Crippen molar-refractivity contribution in [1.82, 2.24) is 0 Å². The first-order valence-corrected chi connectivity index (χ1v) is 8.22. The lowest BCUT2D eigenvalue weighted by atomic mass is 10.0. The summed E-state index contributed by atoms with van der Waals surface area (Å²) in [6.45, 7) is 0.470. The molecule has 0 saturated carbocycles. The molecule has 0 heterocycles. The van der Waals surface area contributed by atoms with Crippen LogP contribution in [0.1, 0.15) is 11.1 Å². The van der Waals surface area contributed by atoms with Gasteiger partial charge in [-0.25, -0.2) is 0 Å². The molecule has 0 radical (unpaired) electrons. The third-order valence-corrected chi connectivity index (χ3v) is 4.40. The van der Waals surface area contributed by atoms with Gasteiger partial charge in [0.2, 0.25) is 0 Å². The Balaban J connectivity index is 1.92. The molecule has 3 heteroatoms. The van der Waals surface area contributed by atoms with Gasteiger partial charge in [0.05, 0.1) is 0 Å². The molecule has 0 atom stereocenters. The van der Waals surface area contributed by atoms with Gasteiger partial charge >= 0.3 is 0 Å². The molecule has 0 aromatic heterocycles. The van der Waals surface area contributed by atoms with Crippen molar-refractivity contribution >= 4 is 38.3 Å². The number of benzene rings is 3. The quantitative estimate of drug-likeness (QED) is 0.520. The number of halogens is 2. The van der Waals surface area contributed by atoms with Gasteiger partial charge in [0.25, 0.3) is 0 Å². The van der Waals surface area contributed by atoms with Gasteiger partial charge in [-0.2, -0.15) is 0 Å². The van der Waals surface area contributed by atoms with Gasteiger partial charge < -0.3 is 4.74 Å². The second-order valence-corrected chi connectivity index (χ2v) is 5.75. The Morgan fingerprint density at radius 1 is 0.905 bits per heavy atom. The molecule has 3 aromatic rings. The fourth-order valence-electron chi connectivity index (χ4n) is 2.36. The zero-order valence-corrected chi connectivity index (χ0v) is 13.7. The normalized spacial score (nSPS) is 10.8. The van der Waals surface area contributed by atoms with Crippen LogP contribution in [0, 0.1) is 0 Å². The third-order valence-electron chi connectivity index (χ3n) is 3.47. The van der Waals surface area contributed by atoms with Gasteiger partial charge in [-0.3, -0.25) is 0 Å². The zero-order chi connectivity index (χ0) is 14.7. The lowest BCUT2D eigenvalue weighted by molar-refractivity contribution is 0.304. The van der Waals surface area contributed by atoms with Crippen LogP contribution >= 0.6 is 27.5 Å². The highest BCUT2D eigenvalue weighted by Gasteiger charge is 2.08. The fraction of sp³-hybridized carbons (Fsp3) is 0.111. The summed E-state index contributed by atoms with van der Waals surface area (Å²) in [5, 5.41) is 3.92. The van der Waals surface area contributed by atoms with E-state index in [1.54, 1.807) is 0 Å². The van der Waals surface area contributed by atoms with Crippen LogP contribution in [0.5, 0.6) is 5.75 Å². The van der Waals surface area contributed by atoms with Gasteiger partial charge in [0.15, 0.2) is 0 Å². The van der Waals surface area contributed by atoms with Crippen LogP contribution in [-0.4, -0.2) is 0 Å². The molecule has 3 rings (SSSR count). The SMILES string of the molecule is Clc1ccccc1COc1ccc2ccccc2c1CBr. The minimum atomic E-state index is 0.470. The molecule has 1 nitrogen and oxygen atoms in total. The van der Waals surface area contributed by atoms with Gasteiger partial charge in [-0.1, -0.05) is 76.1 Å². The fourth-order valence-corrected chi connectivity index (χ4v) is 3.13. The molecular formula is C18H14BrClO. The monoisotopic (exact) mass is 360 g/mol. The van der Waals surface area contributed by atoms with Crippen molar-refractivity contribution < 1.29 is 4.74 Å². The molecular weight excluding hydrogens is 348 g/mol. The number of alkyl halides is 1. The van der Waals surface area contributed by atoms with Crippen molar-refractivity contribution in [1.29, 1.82) is 0 Å². The summed E-state index contributed by atoms with van der Waals surface area (Å²) in [6, 6.07) is 20.2. The zero-order valence-electron chi connectivity index (χ0n) is 11.4. The van der Waals surface area contributed by atoms with Crippen molar-refractivity contribution in [3.8, 4) is 5.75 Å². The van der Waals surface area contributed by atoms with Crippen LogP contribution in [0.2, 0.25) is 5.02 Å². The molecule has 0 amide bonds. The Labute approximate surface area is 137 Å². The Bertz CT molecular complexity index is 770. The van der Waals surface area contributed by atoms with Gasteiger partial charge in [-0.15, -0.1) is 0 Å². The first-order chi connectivity index (χ1) is 10.3. The maximum atomic E-state index is 6.17. The first-order valence-electron chi connectivity index (χ1n) is 6.72. The van der Waals surface area contributed by atoms with Crippen LogP contribution < -0.4 is 4.74 Å². The lowest BCUT2D eigenvalue weighted by Crippen LogP contribution is -1.99. The summed E-state index contributed by atoms with van der Waals surface area (Å²) in [5.41, 5.74) is 2.16. The summed E-state index contributed by atoms with van der Waals surface area (Å²) in [5.74, 6) is 0.894. The van der Waals surface area contributed by atoms with Crippen molar-refractivity contribution in [3.63, 3.8) is 0 Å². The molecule has 0 saturated heterocycles. The van der Waals surface area contributed by atoms with E-state index in [0.29, 0.717) is 6.61 Å². The number of ether oxygens (including phenoxy) is 1. The summed E-state index contributed by atoms with van der Waals surface area (Å²) >= 11 is 9.73. The highest BCUT2D eigenvalue weighted by molar-refractivity contribution is 9.08. The second kappa shape index (κ2) is 6.50. The largest absolute Gasteiger partial charge is 0.489 e. The smallest absolute Gasteiger partial charge is 0.124 e. The Morgan fingerprint density at radius 2 is 1.67 bits per heavy atom. The molecule has 0 bridgehead atoms. The third kappa shape index (κ3) is 3.07. The molecule has 0 aliphatic heterocycles. The maximum Gasteiger partial charge on any atom is 0.124 e. The molecule has 0 spiro atoms. The Morgan fingerprint density at radius 3 is 2.48 bits per heavy atom. The topological polar surface area (TPSA) is 9.23 Å². The molecule has 0 fully saturated rings. The van der Waals surface area contributed by atoms with Crippen molar-refractivity contribution in [2.75, 3.05) is 0 Å². The number of rotatable bonds is 4. The van der Waals surface area contributed by atoms with Crippen LogP contribution in [0.3, 0.4) is 0 Å². The standard InChI is InChI=1S/C18H14BrClO/c19-11-16-15-7-3-1-5-13(15)9-10-18(16)21-12-14-6-2-4-8-17(14)20/h1-10H,11-12H2. The average molecular weight is 362 g/mol. The highest BCUT2D eigenvalue weighted by Crippen LogP contribution is 2.31. The summed E-state index contributed by atoms with van der Waals surface area (Å²) < 4.78 is 5.99. The van der Waals surface area contributed by atoms with Crippen LogP contribution in [0.4, 0.5) is 0 Å². The van der Waals surface area contributed by atoms with E-state index in [4.69, 9.17) is 16.3 Å². The summed E-state index contributed by atoms with van der Waals surface area (Å²) in [6.07, 6.45) is 0. The van der Waals surface area contributed by atoms with Crippen LogP contribution in [0.25, 0.3) is 10.8 Å². The summed E-state index contributed by atoms with van der Waals surface area (Å²) in [7, 11) is 0. The van der Waals surface area contributed by atoms with Crippen LogP contribution in [-0.2, 0) is 11.9 Å². The van der Waals surface area contributed by atoms with Crippen molar-refractivity contribution in [3.05, 3.63) is 76.8 Å². The van der Waals surface area contributed by atoms with E-state index in [-0.39, 0.29) is 0 Å². The average Bonchev–Trinajstić information content (AvgIpc) is 2.53. The predicted octanol–water partition coefficient (Wildman–Crippen LogP) is 5.97. The molecule has 106 valence electrons. The van der Waals surface area contributed by atoms with E-state index in [1.165, 1.54) is 16.3 Å². The molecule has 3 aromatic carbocycles. The van der Waals surface area contributed by atoms with Gasteiger partial charge in [0.1, 0.15) is 12.4 Å². The predicted molar refractivity (Wildman–Crippen MR) is 92.4 cm³/mol. The van der Waals surface area contributed by atoms with Crippen molar-refractivity contribution in [2.24, 2.45) is 0 Å². The van der Waals surface area contributed by atoms with Crippen molar-refractivity contribution in [2.45, 2.75) is 11.9 Å². The number of fused-ring (bicyclic) bond motifs is 1. The highest BCUT2D eigenvalue weighted by atomic mass is 79.9. The second-order valence-electron chi connectivity index (χ2n) is 4.78. The first kappa shape index (κ1) is 14.4. The Hall–Kier alpha value is -1.51. The summed E-state index contributed by atoms with van der Waals surface area (Å²) in [4.78, 5) is 0. The maximum absolute atomic E-state index is 6.17. The van der Waals surface area contributed by atoms with Gasteiger partial charge in [0, 0.05) is 21.5 Å². The van der Waals surface area contributed by atoms with E-state index in [1.807, 2.05) is 42.5 Å². The van der Waals surface area contributed by atoms with Crippen LogP contribution in [0.15, 0.2) is 60.7 Å². The minimum Gasteiger partial charge on any atom is -0.489 e. The van der Waals surface area contributed by atoms with Gasteiger partial charge in [-0.05, 0) is 22.9 Å². The van der Waals surface area contributed by atoms with E-state index >= 15 is 0 Å². The van der Waals surface area contributed by atoms with E-state index in [2.05, 4.69) is 34.1 Å². The molecule has 0 unspecified atom stereocenters. The van der Waals surface area contributed by atoms with E-state index < -0.39 is 0 Å². The Kier molecular flexibility index (Phi) is 4.47. The van der Waals surface area contributed by atoms with E-state index in [9.17, 15) is 0 Å². The molecule has 0 aliphatic rings. The molecule has 21 heavy (non-hydrogen) atoms. The minimum absolute atomic E-state index is 0.470. The number of hydrogen-bond donors (Lipinski definition) is 0.